The summed E-state index contributed by atoms with van der Waals surface area (Å²) < 4.78 is 5.31. The van der Waals surface area contributed by atoms with E-state index in [-0.39, 0.29) is 34.1 Å². The predicted molar refractivity (Wildman–Crippen MR) is 95.7 cm³/mol. The minimum atomic E-state index is -0.250. The summed E-state index contributed by atoms with van der Waals surface area (Å²) in [6.45, 7) is 2.38. The zero-order valence-corrected chi connectivity index (χ0v) is 15.0. The van der Waals surface area contributed by atoms with Gasteiger partial charge < -0.3 is 14.9 Å². The van der Waals surface area contributed by atoms with Gasteiger partial charge >= 0.3 is 17.1 Å². The van der Waals surface area contributed by atoms with Crippen LogP contribution in [0.1, 0.15) is 12.5 Å². The van der Waals surface area contributed by atoms with Crippen LogP contribution < -0.4 is 9.84 Å². The van der Waals surface area contributed by atoms with Crippen LogP contribution in [-0.2, 0) is 17.1 Å². The Bertz CT molecular complexity index is 722. The summed E-state index contributed by atoms with van der Waals surface area (Å²) in [6, 6.07) is 14.7. The molecule has 3 nitrogen and oxygen atoms in total. The van der Waals surface area contributed by atoms with E-state index in [1.54, 1.807) is 18.2 Å². The number of phenolic OH excluding ortho intramolecular Hbond substituents is 1. The van der Waals surface area contributed by atoms with Crippen molar-refractivity contribution in [1.29, 1.82) is 0 Å². The first-order chi connectivity index (χ1) is 11.7. The van der Waals surface area contributed by atoms with Crippen molar-refractivity contribution in [2.45, 2.75) is 6.92 Å². The van der Waals surface area contributed by atoms with Crippen molar-refractivity contribution in [3.8, 4) is 11.5 Å². The van der Waals surface area contributed by atoms with E-state index >= 15 is 0 Å². The molecule has 3 rings (SSSR count). The van der Waals surface area contributed by atoms with Crippen LogP contribution in [0.25, 0.3) is 5.76 Å². The van der Waals surface area contributed by atoms with Crippen LogP contribution in [0.3, 0.4) is 0 Å². The molecule has 0 unspecified atom stereocenters. The molecule has 0 fully saturated rings. The van der Waals surface area contributed by atoms with Crippen molar-refractivity contribution in [1.82, 2.24) is 0 Å². The van der Waals surface area contributed by atoms with E-state index in [1.165, 1.54) is 12.1 Å². The van der Waals surface area contributed by atoms with Gasteiger partial charge in [-0.3, -0.25) is 0 Å². The fraction of sp³-hybridized carbons (Fsp3) is 0.0952. The molecule has 0 radical (unpaired) electrons. The molecule has 25 heavy (non-hydrogen) atoms. The topological polar surface area (TPSA) is 52.5 Å². The Morgan fingerprint density at radius 1 is 1.20 bits per heavy atom. The van der Waals surface area contributed by atoms with E-state index in [0.717, 1.165) is 5.57 Å². The van der Waals surface area contributed by atoms with Crippen molar-refractivity contribution in [3.05, 3.63) is 96.1 Å². The first-order valence-electron chi connectivity index (χ1n) is 7.77. The zero-order valence-electron chi connectivity index (χ0n) is 13.9. The molecule has 0 aromatic heterocycles. The maximum absolute atomic E-state index is 12.0. The third-order valence-corrected chi connectivity index (χ3v) is 3.22. The third-order valence-electron chi connectivity index (χ3n) is 3.22. The Labute approximate surface area is 159 Å². The van der Waals surface area contributed by atoms with E-state index in [0.29, 0.717) is 12.4 Å². The summed E-state index contributed by atoms with van der Waals surface area (Å²) in [6.07, 6.45) is 10.8. The molecule has 130 valence electrons. The average molecular weight is 376 g/mol. The SMILES string of the molecule is CCOc1ccc(O)c(C([O-])=CC=C2C=CC=C2)c1.[Fe+2].c1cc[cH-]c1. The average Bonchev–Trinajstić information content (AvgIpc) is 3.31. The Balaban J connectivity index is 0.000000448. The number of allylic oxidation sites excluding steroid dienone is 7. The molecule has 0 aliphatic heterocycles. The second kappa shape index (κ2) is 11.1. The van der Waals surface area contributed by atoms with Gasteiger partial charge in [0.15, 0.2) is 0 Å². The van der Waals surface area contributed by atoms with Gasteiger partial charge in [-0.15, -0.1) is 0 Å². The quantitative estimate of drug-likeness (QED) is 0.500. The maximum atomic E-state index is 12.0. The number of hydrogen-bond acceptors (Lipinski definition) is 3. The van der Waals surface area contributed by atoms with E-state index in [1.807, 2.05) is 61.6 Å². The van der Waals surface area contributed by atoms with Crippen LogP contribution in [0.2, 0.25) is 0 Å². The molecule has 0 saturated carbocycles. The van der Waals surface area contributed by atoms with Gasteiger partial charge in [-0.1, -0.05) is 42.2 Å². The minimum absolute atomic E-state index is 0. The Morgan fingerprint density at radius 2 is 1.88 bits per heavy atom. The Kier molecular flexibility index (Phi) is 9.08. The van der Waals surface area contributed by atoms with Crippen LogP contribution in [0.5, 0.6) is 11.5 Å². The van der Waals surface area contributed by atoms with E-state index in [9.17, 15) is 10.2 Å². The Morgan fingerprint density at radius 3 is 2.44 bits per heavy atom. The molecule has 1 aliphatic carbocycles. The number of rotatable bonds is 4. The molecule has 4 heteroatoms. The maximum Gasteiger partial charge on any atom is 2.00 e. The molecular formula is C21H20FeO3. The predicted octanol–water partition coefficient (Wildman–Crippen LogP) is 3.95. The van der Waals surface area contributed by atoms with Crippen molar-refractivity contribution in [3.63, 3.8) is 0 Å². The van der Waals surface area contributed by atoms with Crippen LogP contribution in [0.4, 0.5) is 0 Å². The van der Waals surface area contributed by atoms with Gasteiger partial charge in [0.25, 0.3) is 0 Å². The monoisotopic (exact) mass is 376 g/mol. The van der Waals surface area contributed by atoms with Gasteiger partial charge in [0.05, 0.1) is 6.61 Å². The first-order valence-corrected chi connectivity index (χ1v) is 7.77. The van der Waals surface area contributed by atoms with Crippen molar-refractivity contribution in [2.75, 3.05) is 6.61 Å². The van der Waals surface area contributed by atoms with Gasteiger partial charge in [0.1, 0.15) is 11.5 Å². The fourth-order valence-electron chi connectivity index (χ4n) is 2.05. The summed E-state index contributed by atoms with van der Waals surface area (Å²) in [5.74, 6) is 0.284. The molecule has 0 heterocycles. The molecule has 0 atom stereocenters. The van der Waals surface area contributed by atoms with Gasteiger partial charge in [-0.05, 0) is 30.7 Å². The van der Waals surface area contributed by atoms with Gasteiger partial charge in [-0.25, -0.2) is 12.1 Å². The van der Waals surface area contributed by atoms with E-state index in [2.05, 4.69) is 0 Å². The molecular weight excluding hydrogens is 356 g/mol. The van der Waals surface area contributed by atoms with Crippen molar-refractivity contribution >= 4 is 5.76 Å². The van der Waals surface area contributed by atoms with Crippen molar-refractivity contribution in [2.24, 2.45) is 0 Å². The van der Waals surface area contributed by atoms with Gasteiger partial charge in [0, 0.05) is 5.56 Å². The first kappa shape index (κ1) is 20.5. The minimum Gasteiger partial charge on any atom is -0.872 e. The van der Waals surface area contributed by atoms with Crippen LogP contribution in [0.15, 0.2) is 90.6 Å². The number of ether oxygens (including phenoxy) is 1. The summed E-state index contributed by atoms with van der Waals surface area (Å²) in [5, 5.41) is 21.7. The van der Waals surface area contributed by atoms with Crippen LogP contribution in [-0.4, -0.2) is 11.7 Å². The van der Waals surface area contributed by atoms with Crippen LogP contribution >= 0.6 is 0 Å². The number of aromatic hydroxyl groups is 1. The molecule has 2 aromatic rings. The summed E-state index contributed by atoms with van der Waals surface area (Å²) in [5.41, 5.74) is 1.20. The Hall–Kier alpha value is -2.55. The number of hydrogen-bond donors (Lipinski definition) is 1. The van der Waals surface area contributed by atoms with Crippen molar-refractivity contribution < 1.29 is 32.0 Å². The molecule has 1 N–H and O–H groups in total. The molecule has 0 bridgehead atoms. The summed E-state index contributed by atoms with van der Waals surface area (Å²) >= 11 is 0. The molecule has 2 aromatic carbocycles. The molecule has 1 aliphatic rings. The van der Waals surface area contributed by atoms with E-state index < -0.39 is 0 Å². The van der Waals surface area contributed by atoms with E-state index in [4.69, 9.17) is 4.74 Å². The van der Waals surface area contributed by atoms with Gasteiger partial charge in [-0.2, -0.15) is 18.2 Å². The second-order valence-electron chi connectivity index (χ2n) is 4.99. The smallest absolute Gasteiger partial charge is 0.872 e. The third kappa shape index (κ3) is 6.84. The van der Waals surface area contributed by atoms with Crippen LogP contribution in [0, 0.1) is 0 Å². The number of benzene rings is 1. The fourth-order valence-corrected chi connectivity index (χ4v) is 2.05. The summed E-state index contributed by atoms with van der Waals surface area (Å²) in [7, 11) is 0. The molecule has 0 spiro atoms. The molecule has 0 saturated heterocycles. The van der Waals surface area contributed by atoms with Gasteiger partial charge in [0.2, 0.25) is 0 Å². The normalized spacial score (nSPS) is 12.2. The second-order valence-corrected chi connectivity index (χ2v) is 4.99. The largest absolute Gasteiger partial charge is 2.00 e. The number of phenols is 1. The molecule has 0 amide bonds. The standard InChI is InChI=1S/C16H16O3.C5H5.Fe/c1-2-19-13-8-10-16(18)14(11-13)15(17)9-7-12-5-3-4-6-12;1-2-4-5-3-1;/h3-11,17-18H,2H2,1H3;1-5H;/q;-1;+2/p-1. The summed E-state index contributed by atoms with van der Waals surface area (Å²) in [4.78, 5) is 0. The zero-order chi connectivity index (χ0) is 17.2.